The molecule has 0 saturated heterocycles. The predicted octanol–water partition coefficient (Wildman–Crippen LogP) is 3.34. The minimum absolute atomic E-state index is 0. The number of carbonyl (C=O) groups is 1. The van der Waals surface area contributed by atoms with E-state index in [1.165, 1.54) is 12.1 Å². The van der Waals surface area contributed by atoms with Crippen molar-refractivity contribution in [3.63, 3.8) is 0 Å². The molecule has 1 rings (SSSR count). The molecule has 0 amide bonds. The highest BCUT2D eigenvalue weighted by Gasteiger charge is 2.35. The Hall–Kier alpha value is -0.980. The Kier molecular flexibility index (Phi) is 6.62. The Morgan fingerprint density at radius 3 is 2.53 bits per heavy atom. The zero-order chi connectivity index (χ0) is 13.9. The van der Waals surface area contributed by atoms with Gasteiger partial charge in [0.25, 0.3) is 0 Å². The molecule has 0 aromatic heterocycles. The van der Waals surface area contributed by atoms with E-state index in [1.807, 2.05) is 0 Å². The average Bonchev–Trinajstić information content (AvgIpc) is 2.27. The number of rotatable bonds is 3. The first-order valence-electron chi connectivity index (χ1n) is 4.94. The number of nitrogens with two attached hydrogens (primary N) is 1. The molecule has 2 N–H and O–H groups in total. The number of esters is 1. The lowest BCUT2D eigenvalue weighted by atomic mass is 9.98. The number of ether oxygens (including phenoxy) is 1. The summed E-state index contributed by atoms with van der Waals surface area (Å²) in [5.74, 6) is -0.675. The van der Waals surface area contributed by atoms with Crippen molar-refractivity contribution in [1.29, 1.82) is 0 Å². The smallest absolute Gasteiger partial charge is 0.416 e. The van der Waals surface area contributed by atoms with E-state index in [4.69, 9.17) is 17.3 Å². The van der Waals surface area contributed by atoms with Crippen LogP contribution in [-0.2, 0) is 15.7 Å². The molecular formula is C11H12Cl2F3NO2. The zero-order valence-corrected chi connectivity index (χ0v) is 11.4. The summed E-state index contributed by atoms with van der Waals surface area (Å²) in [5, 5.41) is -0.0451. The quantitative estimate of drug-likeness (QED) is 0.870. The molecule has 0 unspecified atom stereocenters. The van der Waals surface area contributed by atoms with Crippen LogP contribution in [0.15, 0.2) is 18.2 Å². The third kappa shape index (κ3) is 4.89. The van der Waals surface area contributed by atoms with Gasteiger partial charge in [-0.3, -0.25) is 4.79 Å². The summed E-state index contributed by atoms with van der Waals surface area (Å²) in [5.41, 5.74) is 4.45. The van der Waals surface area contributed by atoms with Crippen LogP contribution < -0.4 is 5.73 Å². The van der Waals surface area contributed by atoms with Crippen LogP contribution >= 0.6 is 24.0 Å². The molecule has 0 aliphatic rings. The summed E-state index contributed by atoms with van der Waals surface area (Å²) >= 11 is 5.53. The molecule has 0 heterocycles. The molecule has 19 heavy (non-hydrogen) atoms. The second-order valence-electron chi connectivity index (χ2n) is 3.62. The van der Waals surface area contributed by atoms with E-state index in [1.54, 1.807) is 0 Å². The van der Waals surface area contributed by atoms with Gasteiger partial charge in [-0.05, 0) is 17.7 Å². The van der Waals surface area contributed by atoms with Gasteiger partial charge in [-0.2, -0.15) is 13.2 Å². The van der Waals surface area contributed by atoms with Gasteiger partial charge in [0.15, 0.2) is 0 Å². The van der Waals surface area contributed by atoms with Gasteiger partial charge in [-0.15, -0.1) is 12.4 Å². The van der Waals surface area contributed by atoms with E-state index in [0.29, 0.717) is 0 Å². The molecule has 8 heteroatoms. The zero-order valence-electron chi connectivity index (χ0n) is 9.83. The molecule has 0 fully saturated rings. The number of hydrogen-bond donors (Lipinski definition) is 1. The van der Waals surface area contributed by atoms with E-state index < -0.39 is 23.8 Å². The fourth-order valence-corrected chi connectivity index (χ4v) is 1.64. The molecule has 3 nitrogen and oxygen atoms in total. The molecule has 0 saturated carbocycles. The predicted molar refractivity (Wildman–Crippen MR) is 67.3 cm³/mol. The largest absolute Gasteiger partial charge is 0.469 e. The van der Waals surface area contributed by atoms with Crippen LogP contribution in [-0.4, -0.2) is 13.1 Å². The maximum absolute atomic E-state index is 12.8. The van der Waals surface area contributed by atoms with Crippen molar-refractivity contribution in [3.8, 4) is 0 Å². The van der Waals surface area contributed by atoms with E-state index in [2.05, 4.69) is 4.74 Å². The molecule has 0 spiro atoms. The van der Waals surface area contributed by atoms with E-state index in [-0.39, 0.29) is 29.4 Å². The lowest BCUT2D eigenvalue weighted by Gasteiger charge is -2.17. The van der Waals surface area contributed by atoms with Crippen LogP contribution in [0.25, 0.3) is 0 Å². The van der Waals surface area contributed by atoms with Crippen molar-refractivity contribution in [2.24, 2.45) is 5.73 Å². The highest BCUT2D eigenvalue weighted by Crippen LogP contribution is 2.36. The second-order valence-corrected chi connectivity index (χ2v) is 4.05. The summed E-state index contributed by atoms with van der Waals surface area (Å²) < 4.78 is 42.7. The third-order valence-electron chi connectivity index (χ3n) is 2.33. The number of carbonyl (C=O) groups excluding carboxylic acids is 1. The van der Waals surface area contributed by atoms with Crippen LogP contribution in [0.5, 0.6) is 0 Å². The van der Waals surface area contributed by atoms with Gasteiger partial charge in [0.05, 0.1) is 19.1 Å². The molecule has 1 atom stereocenters. The SMILES string of the molecule is COC(=O)C[C@@H](N)c1ccc(Cl)cc1C(F)(F)F.Cl. The fraction of sp³-hybridized carbons (Fsp3) is 0.364. The number of methoxy groups -OCH3 is 1. The van der Waals surface area contributed by atoms with Crippen molar-refractivity contribution >= 4 is 30.0 Å². The molecule has 0 bridgehead atoms. The lowest BCUT2D eigenvalue weighted by Crippen LogP contribution is -2.20. The first-order valence-corrected chi connectivity index (χ1v) is 5.32. The molecule has 0 radical (unpaired) electrons. The molecule has 0 aliphatic carbocycles. The van der Waals surface area contributed by atoms with Crippen molar-refractivity contribution in [2.45, 2.75) is 18.6 Å². The highest BCUT2D eigenvalue weighted by atomic mass is 35.5. The van der Waals surface area contributed by atoms with Crippen molar-refractivity contribution in [3.05, 3.63) is 34.3 Å². The standard InChI is InChI=1S/C11H11ClF3NO2.ClH/c1-18-10(17)5-9(16)7-3-2-6(12)4-8(7)11(13,14)15;/h2-4,9H,5,16H2,1H3;1H/t9-;/m1./s1. The Bertz CT molecular complexity index is 452. The monoisotopic (exact) mass is 317 g/mol. The summed E-state index contributed by atoms with van der Waals surface area (Å²) in [6.45, 7) is 0. The van der Waals surface area contributed by atoms with Crippen molar-refractivity contribution in [1.82, 2.24) is 0 Å². The van der Waals surface area contributed by atoms with Crippen LogP contribution in [0.2, 0.25) is 5.02 Å². The lowest BCUT2D eigenvalue weighted by molar-refractivity contribution is -0.142. The summed E-state index contributed by atoms with van der Waals surface area (Å²) in [4.78, 5) is 11.0. The van der Waals surface area contributed by atoms with Gasteiger partial charge in [0.2, 0.25) is 0 Å². The Labute approximate surface area is 119 Å². The molecular weight excluding hydrogens is 306 g/mol. The molecule has 1 aromatic carbocycles. The number of alkyl halides is 3. The normalized spacial score (nSPS) is 12.5. The highest BCUT2D eigenvalue weighted by molar-refractivity contribution is 6.30. The maximum atomic E-state index is 12.8. The Morgan fingerprint density at radius 1 is 1.47 bits per heavy atom. The average molecular weight is 318 g/mol. The van der Waals surface area contributed by atoms with Crippen LogP contribution in [0.3, 0.4) is 0 Å². The number of benzene rings is 1. The Morgan fingerprint density at radius 2 is 2.05 bits per heavy atom. The molecule has 0 aliphatic heterocycles. The van der Waals surface area contributed by atoms with Crippen LogP contribution in [0.4, 0.5) is 13.2 Å². The minimum atomic E-state index is -4.58. The van der Waals surface area contributed by atoms with Gasteiger partial charge in [0, 0.05) is 11.1 Å². The van der Waals surface area contributed by atoms with Crippen molar-refractivity contribution < 1.29 is 22.7 Å². The maximum Gasteiger partial charge on any atom is 0.416 e. The van der Waals surface area contributed by atoms with E-state index >= 15 is 0 Å². The van der Waals surface area contributed by atoms with E-state index in [0.717, 1.165) is 13.2 Å². The number of halogens is 5. The summed E-state index contributed by atoms with van der Waals surface area (Å²) in [6.07, 6.45) is -4.91. The Balaban J connectivity index is 0.00000324. The fourth-order valence-electron chi connectivity index (χ4n) is 1.47. The molecule has 1 aromatic rings. The second kappa shape index (κ2) is 6.98. The minimum Gasteiger partial charge on any atom is -0.469 e. The van der Waals surface area contributed by atoms with Gasteiger partial charge in [-0.25, -0.2) is 0 Å². The van der Waals surface area contributed by atoms with Crippen molar-refractivity contribution in [2.75, 3.05) is 7.11 Å². The molecule has 108 valence electrons. The van der Waals surface area contributed by atoms with Gasteiger partial charge in [0.1, 0.15) is 0 Å². The van der Waals surface area contributed by atoms with Crippen LogP contribution in [0, 0.1) is 0 Å². The first kappa shape index (κ1) is 18.0. The van der Waals surface area contributed by atoms with Gasteiger partial charge in [-0.1, -0.05) is 17.7 Å². The third-order valence-corrected chi connectivity index (χ3v) is 2.57. The van der Waals surface area contributed by atoms with Gasteiger partial charge >= 0.3 is 12.1 Å². The summed E-state index contributed by atoms with van der Waals surface area (Å²) in [6, 6.07) is 2.15. The summed E-state index contributed by atoms with van der Waals surface area (Å²) in [7, 11) is 1.14. The first-order chi connectivity index (χ1) is 8.25. The number of hydrogen-bond acceptors (Lipinski definition) is 3. The van der Waals surface area contributed by atoms with E-state index in [9.17, 15) is 18.0 Å². The van der Waals surface area contributed by atoms with Crippen LogP contribution in [0.1, 0.15) is 23.6 Å². The van der Waals surface area contributed by atoms with Gasteiger partial charge < -0.3 is 10.5 Å². The topological polar surface area (TPSA) is 52.3 Å².